The van der Waals surface area contributed by atoms with Crippen LogP contribution in [0.5, 0.6) is 0 Å². The summed E-state index contributed by atoms with van der Waals surface area (Å²) in [6.07, 6.45) is 24.5. The molecule has 0 aromatic heterocycles. The molecule has 0 aliphatic rings. The smallest absolute Gasteiger partial charge is 0.457 e. The van der Waals surface area contributed by atoms with Crippen molar-refractivity contribution in [2.75, 3.05) is 33.0 Å². The molecule has 0 aliphatic carbocycles. The molecule has 0 spiro atoms. The average molecular weight is 580 g/mol. The molecule has 234 valence electrons. The lowest BCUT2D eigenvalue weighted by molar-refractivity contribution is -0.154. The number of ether oxygens (including phenoxy) is 2. The van der Waals surface area contributed by atoms with Gasteiger partial charge in [-0.2, -0.15) is 0 Å². The summed E-state index contributed by atoms with van der Waals surface area (Å²) in [7, 11) is -4.24. The predicted molar refractivity (Wildman–Crippen MR) is 160 cm³/mol. The van der Waals surface area contributed by atoms with Gasteiger partial charge < -0.3 is 20.1 Å². The highest BCUT2D eigenvalue weighted by molar-refractivity contribution is 7.47. The van der Waals surface area contributed by atoms with Crippen molar-refractivity contribution in [3.05, 3.63) is 0 Å². The Labute approximate surface area is 240 Å². The quantitative estimate of drug-likeness (QED) is 0.0479. The van der Waals surface area contributed by atoms with Gasteiger partial charge in [0, 0.05) is 19.6 Å². The maximum atomic E-state index is 12.2. The molecule has 0 aromatic carbocycles. The highest BCUT2D eigenvalue weighted by atomic mass is 31.2. The number of phosphoric ester groups is 1. The summed E-state index contributed by atoms with van der Waals surface area (Å²) >= 11 is 0. The van der Waals surface area contributed by atoms with Gasteiger partial charge in [0.15, 0.2) is 0 Å². The van der Waals surface area contributed by atoms with Gasteiger partial charge in [0.25, 0.3) is 0 Å². The van der Waals surface area contributed by atoms with Gasteiger partial charge in [0.05, 0.1) is 19.8 Å². The van der Waals surface area contributed by atoms with Crippen LogP contribution >= 0.6 is 7.82 Å². The number of rotatable bonds is 31. The third-order valence-corrected chi connectivity index (χ3v) is 7.76. The van der Waals surface area contributed by atoms with E-state index in [0.29, 0.717) is 13.0 Å². The Morgan fingerprint density at radius 3 is 1.62 bits per heavy atom. The summed E-state index contributed by atoms with van der Waals surface area (Å²) < 4.78 is 32.9. The fraction of sp³-hybridized carbons (Fsp3) is 0.967. The summed E-state index contributed by atoms with van der Waals surface area (Å²) in [6.45, 7) is 4.81. The zero-order valence-electron chi connectivity index (χ0n) is 25.4. The minimum absolute atomic E-state index is 0.0919. The number of carbonyl (C=O) groups excluding carboxylic acids is 1. The van der Waals surface area contributed by atoms with Gasteiger partial charge >= 0.3 is 13.8 Å². The van der Waals surface area contributed by atoms with Crippen molar-refractivity contribution < 1.29 is 32.8 Å². The summed E-state index contributed by atoms with van der Waals surface area (Å²) in [5, 5.41) is 0. The van der Waals surface area contributed by atoms with Gasteiger partial charge in [0.2, 0.25) is 0 Å². The largest absolute Gasteiger partial charge is 0.472 e. The van der Waals surface area contributed by atoms with E-state index < -0.39 is 13.9 Å². The molecule has 0 amide bonds. The van der Waals surface area contributed by atoms with Crippen LogP contribution in [0.3, 0.4) is 0 Å². The molecule has 8 nitrogen and oxygen atoms in total. The van der Waals surface area contributed by atoms with E-state index in [0.717, 1.165) is 38.5 Å². The predicted octanol–water partition coefficient (Wildman–Crippen LogP) is 8.24. The van der Waals surface area contributed by atoms with Crippen LogP contribution in [0.15, 0.2) is 0 Å². The van der Waals surface area contributed by atoms with Crippen molar-refractivity contribution in [2.45, 2.75) is 155 Å². The molecule has 0 saturated heterocycles. The second-order valence-corrected chi connectivity index (χ2v) is 12.1. The first-order valence-electron chi connectivity index (χ1n) is 16.0. The van der Waals surface area contributed by atoms with Crippen molar-refractivity contribution in [1.29, 1.82) is 0 Å². The highest BCUT2D eigenvalue weighted by Gasteiger charge is 2.25. The van der Waals surface area contributed by atoms with Crippen LogP contribution in [0.4, 0.5) is 0 Å². The van der Waals surface area contributed by atoms with E-state index >= 15 is 0 Å². The fourth-order valence-electron chi connectivity index (χ4n) is 4.41. The number of esters is 1. The van der Waals surface area contributed by atoms with Crippen LogP contribution in [-0.4, -0.2) is 49.9 Å². The van der Waals surface area contributed by atoms with E-state index in [1.54, 1.807) is 0 Å². The van der Waals surface area contributed by atoms with Gasteiger partial charge in [-0.1, -0.05) is 129 Å². The van der Waals surface area contributed by atoms with E-state index in [2.05, 4.69) is 13.8 Å². The Bertz CT molecular complexity index is 580. The lowest BCUT2D eigenvalue weighted by atomic mass is 10.0. The molecule has 2 unspecified atom stereocenters. The number of hydrogen-bond donors (Lipinski definition) is 2. The maximum Gasteiger partial charge on any atom is 0.472 e. The number of phosphoric acid groups is 1. The van der Waals surface area contributed by atoms with E-state index in [-0.39, 0.29) is 32.3 Å². The Morgan fingerprint density at radius 1 is 0.667 bits per heavy atom. The summed E-state index contributed by atoms with van der Waals surface area (Å²) in [4.78, 5) is 21.9. The van der Waals surface area contributed by atoms with Crippen molar-refractivity contribution in [2.24, 2.45) is 5.73 Å². The number of unbranched alkanes of at least 4 members (excludes halogenated alkanes) is 18. The Hall–Kier alpha value is -0.500. The molecular formula is C30H62NO7P. The number of hydrogen-bond acceptors (Lipinski definition) is 7. The monoisotopic (exact) mass is 579 g/mol. The van der Waals surface area contributed by atoms with Crippen LogP contribution in [0, 0.1) is 0 Å². The Kier molecular flexibility index (Phi) is 28.6. The van der Waals surface area contributed by atoms with Crippen LogP contribution in [0.25, 0.3) is 0 Å². The zero-order chi connectivity index (χ0) is 28.9. The minimum Gasteiger partial charge on any atom is -0.457 e. The fourth-order valence-corrected chi connectivity index (χ4v) is 5.17. The zero-order valence-corrected chi connectivity index (χ0v) is 26.3. The Balaban J connectivity index is 3.90. The third-order valence-electron chi connectivity index (χ3n) is 6.77. The molecule has 0 fully saturated rings. The number of nitrogens with two attached hydrogens (primary N) is 1. The van der Waals surface area contributed by atoms with Crippen LogP contribution in [0.1, 0.15) is 149 Å². The van der Waals surface area contributed by atoms with Gasteiger partial charge in [0.1, 0.15) is 6.10 Å². The lowest BCUT2D eigenvalue weighted by Crippen LogP contribution is -2.28. The van der Waals surface area contributed by atoms with Gasteiger partial charge in [-0.05, 0) is 12.8 Å². The molecule has 0 heterocycles. The standard InChI is InChI=1S/C30H62NO7P/c1-3-5-7-9-10-11-12-13-14-15-16-17-18-19-20-22-25-35-27-29(28-37-39(33,34)36-26-24-31)38-30(32)23-21-8-6-4-2/h29H,3-28,31H2,1-2H3,(H,33,34). The topological polar surface area (TPSA) is 117 Å². The average Bonchev–Trinajstić information content (AvgIpc) is 2.92. The second-order valence-electron chi connectivity index (χ2n) is 10.7. The SMILES string of the molecule is CCCCCCCCCCCCCCCCCCOCC(COP(=O)(O)OCCN)OC(=O)CCCCCC. The molecule has 9 heteroatoms. The third kappa shape index (κ3) is 28.8. The molecule has 0 aromatic rings. The first-order valence-corrected chi connectivity index (χ1v) is 17.5. The first kappa shape index (κ1) is 38.5. The van der Waals surface area contributed by atoms with Gasteiger partial charge in [-0.15, -0.1) is 0 Å². The van der Waals surface area contributed by atoms with Crippen molar-refractivity contribution in [1.82, 2.24) is 0 Å². The van der Waals surface area contributed by atoms with Crippen LogP contribution in [-0.2, 0) is 27.9 Å². The highest BCUT2D eigenvalue weighted by Crippen LogP contribution is 2.43. The summed E-state index contributed by atoms with van der Waals surface area (Å²) in [5.74, 6) is -0.346. The molecule has 3 N–H and O–H groups in total. The molecular weight excluding hydrogens is 517 g/mol. The summed E-state index contributed by atoms with van der Waals surface area (Å²) in [6, 6.07) is 0. The minimum atomic E-state index is -4.24. The van der Waals surface area contributed by atoms with E-state index in [4.69, 9.17) is 24.3 Å². The first-order chi connectivity index (χ1) is 18.9. The maximum absolute atomic E-state index is 12.2. The van der Waals surface area contributed by atoms with Crippen molar-refractivity contribution in [3.8, 4) is 0 Å². The van der Waals surface area contributed by atoms with E-state index in [1.165, 1.54) is 89.9 Å². The Morgan fingerprint density at radius 2 is 1.13 bits per heavy atom. The molecule has 2 atom stereocenters. The normalized spacial score (nSPS) is 13.8. The molecule has 0 aliphatic heterocycles. The van der Waals surface area contributed by atoms with Crippen molar-refractivity contribution in [3.63, 3.8) is 0 Å². The number of carbonyl (C=O) groups is 1. The molecule has 0 bridgehead atoms. The second kappa shape index (κ2) is 29.0. The molecule has 0 saturated carbocycles. The lowest BCUT2D eigenvalue weighted by Gasteiger charge is -2.20. The molecule has 39 heavy (non-hydrogen) atoms. The van der Waals surface area contributed by atoms with E-state index in [1.807, 2.05) is 0 Å². The molecule has 0 radical (unpaired) electrons. The van der Waals surface area contributed by atoms with Crippen LogP contribution in [0.2, 0.25) is 0 Å². The van der Waals surface area contributed by atoms with Crippen molar-refractivity contribution >= 4 is 13.8 Å². The van der Waals surface area contributed by atoms with Crippen LogP contribution < -0.4 is 5.73 Å². The molecule has 0 rings (SSSR count). The van der Waals surface area contributed by atoms with E-state index in [9.17, 15) is 14.3 Å². The summed E-state index contributed by atoms with van der Waals surface area (Å²) in [5.41, 5.74) is 5.30. The van der Waals surface area contributed by atoms with Gasteiger partial charge in [-0.25, -0.2) is 4.57 Å². The van der Waals surface area contributed by atoms with Gasteiger partial charge in [-0.3, -0.25) is 13.8 Å².